The molecule has 0 bridgehead atoms. The van der Waals surface area contributed by atoms with Crippen molar-refractivity contribution in [2.75, 3.05) is 27.7 Å². The Kier molecular flexibility index (Phi) is 4.90. The number of rotatable bonds is 5. The number of likely N-dealkylation sites (N-methyl/N-ethyl adjacent to an activating group) is 2. The molecule has 0 aliphatic heterocycles. The minimum atomic E-state index is -0.0903. The Morgan fingerprint density at radius 3 is 2.39 bits per heavy atom. The Morgan fingerprint density at radius 1 is 1.33 bits per heavy atom. The maximum atomic E-state index is 11.8. The van der Waals surface area contributed by atoms with Crippen molar-refractivity contribution < 1.29 is 4.79 Å². The van der Waals surface area contributed by atoms with Gasteiger partial charge < -0.3 is 4.90 Å². The number of carbonyl (C=O) groups excluding carboxylic acids is 1. The number of carbonyl (C=O) groups is 1. The van der Waals surface area contributed by atoms with E-state index in [4.69, 9.17) is 0 Å². The lowest BCUT2D eigenvalue weighted by Crippen LogP contribution is -2.43. The van der Waals surface area contributed by atoms with Crippen molar-refractivity contribution in [3.63, 3.8) is 0 Å². The van der Waals surface area contributed by atoms with Crippen LogP contribution in [0.1, 0.15) is 23.9 Å². The van der Waals surface area contributed by atoms with Crippen molar-refractivity contribution in [1.82, 2.24) is 20.0 Å². The average molecular weight is 252 g/mol. The van der Waals surface area contributed by atoms with E-state index < -0.39 is 0 Å². The van der Waals surface area contributed by atoms with Crippen LogP contribution in [-0.4, -0.2) is 59.6 Å². The normalized spacial score (nSPS) is 12.8. The largest absolute Gasteiger partial charge is 0.347 e. The highest BCUT2D eigenvalue weighted by Crippen LogP contribution is 2.11. The number of H-pyrrole nitrogens is 1. The molecule has 1 aromatic heterocycles. The molecule has 0 spiro atoms. The van der Waals surface area contributed by atoms with Gasteiger partial charge in [-0.05, 0) is 39.8 Å². The predicted octanol–water partition coefficient (Wildman–Crippen LogP) is 0.978. The van der Waals surface area contributed by atoms with E-state index in [0.29, 0.717) is 0 Å². The molecular weight excluding hydrogens is 228 g/mol. The zero-order valence-electron chi connectivity index (χ0n) is 12.2. The van der Waals surface area contributed by atoms with Gasteiger partial charge in [0.25, 0.3) is 0 Å². The molecule has 0 fully saturated rings. The molecule has 18 heavy (non-hydrogen) atoms. The Hall–Kier alpha value is -1.36. The number of aromatic amines is 1. The fourth-order valence-corrected chi connectivity index (χ4v) is 1.99. The first-order valence-corrected chi connectivity index (χ1v) is 6.26. The summed E-state index contributed by atoms with van der Waals surface area (Å²) in [6.07, 6.45) is 0.912. The quantitative estimate of drug-likeness (QED) is 0.850. The fourth-order valence-electron chi connectivity index (χ4n) is 1.99. The SMILES string of the molecule is Cc1n[nH]c(C)c1CCN(C)[C@@H](C)C(=O)N(C)C. The molecule has 1 amide bonds. The second-order valence-electron chi connectivity index (χ2n) is 5.05. The van der Waals surface area contributed by atoms with Crippen molar-refractivity contribution in [3.05, 3.63) is 17.0 Å². The molecule has 0 radical (unpaired) electrons. The van der Waals surface area contributed by atoms with E-state index in [9.17, 15) is 4.79 Å². The van der Waals surface area contributed by atoms with Gasteiger partial charge in [-0.25, -0.2) is 0 Å². The van der Waals surface area contributed by atoms with Crippen LogP contribution in [0.3, 0.4) is 0 Å². The molecule has 1 heterocycles. The molecule has 1 rings (SSSR count). The van der Waals surface area contributed by atoms with Crippen LogP contribution in [0.25, 0.3) is 0 Å². The molecule has 0 saturated carbocycles. The molecule has 0 aliphatic carbocycles. The summed E-state index contributed by atoms with van der Waals surface area (Å²) >= 11 is 0. The van der Waals surface area contributed by atoms with Gasteiger partial charge in [0.2, 0.25) is 5.91 Å². The third kappa shape index (κ3) is 3.32. The Balaban J connectivity index is 2.56. The monoisotopic (exact) mass is 252 g/mol. The molecule has 1 N–H and O–H groups in total. The minimum absolute atomic E-state index is 0.0903. The zero-order valence-corrected chi connectivity index (χ0v) is 12.2. The molecule has 0 saturated heterocycles. The highest BCUT2D eigenvalue weighted by Gasteiger charge is 2.19. The van der Waals surface area contributed by atoms with Gasteiger partial charge in [0.1, 0.15) is 0 Å². The van der Waals surface area contributed by atoms with Gasteiger partial charge in [-0.1, -0.05) is 0 Å². The zero-order chi connectivity index (χ0) is 13.9. The summed E-state index contributed by atoms with van der Waals surface area (Å²) in [5.74, 6) is 0.137. The molecule has 0 unspecified atom stereocenters. The molecule has 1 aromatic rings. The van der Waals surface area contributed by atoms with Crippen molar-refractivity contribution in [2.45, 2.75) is 33.2 Å². The highest BCUT2D eigenvalue weighted by molar-refractivity contribution is 5.80. The minimum Gasteiger partial charge on any atom is -0.347 e. The van der Waals surface area contributed by atoms with Crippen LogP contribution in [-0.2, 0) is 11.2 Å². The van der Waals surface area contributed by atoms with Gasteiger partial charge in [-0.15, -0.1) is 0 Å². The standard InChI is InChI=1S/C13H24N4O/c1-9-12(10(2)15-14-9)7-8-17(6)11(3)13(18)16(4)5/h11H,7-8H2,1-6H3,(H,14,15)/t11-/m0/s1. The average Bonchev–Trinajstić information content (AvgIpc) is 2.64. The number of nitrogens with zero attached hydrogens (tertiary/aromatic N) is 3. The number of hydrogen-bond acceptors (Lipinski definition) is 3. The number of amides is 1. The lowest BCUT2D eigenvalue weighted by Gasteiger charge is -2.26. The highest BCUT2D eigenvalue weighted by atomic mass is 16.2. The Labute approximate surface area is 109 Å². The Morgan fingerprint density at radius 2 is 1.94 bits per heavy atom. The molecule has 102 valence electrons. The summed E-state index contributed by atoms with van der Waals surface area (Å²) < 4.78 is 0. The van der Waals surface area contributed by atoms with Crippen LogP contribution in [0.5, 0.6) is 0 Å². The molecule has 5 nitrogen and oxygen atoms in total. The van der Waals surface area contributed by atoms with E-state index >= 15 is 0 Å². The number of hydrogen-bond donors (Lipinski definition) is 1. The van der Waals surface area contributed by atoms with E-state index in [1.165, 1.54) is 5.56 Å². The van der Waals surface area contributed by atoms with E-state index in [1.807, 2.05) is 27.8 Å². The number of aryl methyl sites for hydroxylation is 2. The summed E-state index contributed by atoms with van der Waals surface area (Å²) in [6, 6.07) is -0.0903. The summed E-state index contributed by atoms with van der Waals surface area (Å²) in [4.78, 5) is 15.6. The van der Waals surface area contributed by atoms with E-state index in [2.05, 4.69) is 15.1 Å². The van der Waals surface area contributed by atoms with E-state index in [-0.39, 0.29) is 11.9 Å². The van der Waals surface area contributed by atoms with Crippen LogP contribution in [0.2, 0.25) is 0 Å². The molecule has 0 aliphatic rings. The second kappa shape index (κ2) is 6.00. The summed E-state index contributed by atoms with van der Waals surface area (Å²) in [5, 5.41) is 7.17. The Bertz CT molecular complexity index is 392. The molecule has 5 heteroatoms. The lowest BCUT2D eigenvalue weighted by molar-refractivity contribution is -0.133. The summed E-state index contributed by atoms with van der Waals surface area (Å²) in [5.41, 5.74) is 3.42. The van der Waals surface area contributed by atoms with Crippen LogP contribution in [0, 0.1) is 13.8 Å². The van der Waals surface area contributed by atoms with Crippen molar-refractivity contribution in [2.24, 2.45) is 0 Å². The smallest absolute Gasteiger partial charge is 0.239 e. The van der Waals surface area contributed by atoms with Crippen LogP contribution >= 0.6 is 0 Å². The van der Waals surface area contributed by atoms with Gasteiger partial charge in [-0.3, -0.25) is 14.8 Å². The second-order valence-corrected chi connectivity index (χ2v) is 5.05. The first-order valence-electron chi connectivity index (χ1n) is 6.26. The van der Waals surface area contributed by atoms with Crippen molar-refractivity contribution in [3.8, 4) is 0 Å². The number of nitrogens with one attached hydrogen (secondary N) is 1. The van der Waals surface area contributed by atoms with Crippen LogP contribution < -0.4 is 0 Å². The van der Waals surface area contributed by atoms with Crippen LogP contribution in [0.4, 0.5) is 0 Å². The summed E-state index contributed by atoms with van der Waals surface area (Å²) in [7, 11) is 5.56. The molecule has 0 aromatic carbocycles. The van der Waals surface area contributed by atoms with Gasteiger partial charge >= 0.3 is 0 Å². The maximum Gasteiger partial charge on any atom is 0.239 e. The van der Waals surface area contributed by atoms with Crippen molar-refractivity contribution >= 4 is 5.91 Å². The van der Waals surface area contributed by atoms with E-state index in [1.54, 1.807) is 19.0 Å². The topological polar surface area (TPSA) is 52.2 Å². The molecular formula is C13H24N4O. The van der Waals surface area contributed by atoms with Gasteiger partial charge in [0.05, 0.1) is 11.7 Å². The van der Waals surface area contributed by atoms with Gasteiger partial charge in [0, 0.05) is 26.3 Å². The van der Waals surface area contributed by atoms with Gasteiger partial charge in [0.15, 0.2) is 0 Å². The number of aromatic nitrogens is 2. The first kappa shape index (κ1) is 14.7. The lowest BCUT2D eigenvalue weighted by atomic mass is 10.1. The molecule has 1 atom stereocenters. The summed E-state index contributed by atoms with van der Waals surface area (Å²) in [6.45, 7) is 6.83. The van der Waals surface area contributed by atoms with Crippen LogP contribution in [0.15, 0.2) is 0 Å². The van der Waals surface area contributed by atoms with Gasteiger partial charge in [-0.2, -0.15) is 5.10 Å². The fraction of sp³-hybridized carbons (Fsp3) is 0.692. The van der Waals surface area contributed by atoms with Crippen molar-refractivity contribution in [1.29, 1.82) is 0 Å². The maximum absolute atomic E-state index is 11.8. The van der Waals surface area contributed by atoms with E-state index in [0.717, 1.165) is 24.4 Å². The third-order valence-electron chi connectivity index (χ3n) is 3.45. The third-order valence-corrected chi connectivity index (χ3v) is 3.45. The predicted molar refractivity (Wildman–Crippen MR) is 72.6 cm³/mol. The first-order chi connectivity index (χ1) is 8.34.